The number of nitro groups is 1. The van der Waals surface area contributed by atoms with E-state index in [1.165, 1.54) is 18.2 Å². The van der Waals surface area contributed by atoms with Crippen LogP contribution in [0, 0.1) is 15.9 Å². The first-order chi connectivity index (χ1) is 8.56. The summed E-state index contributed by atoms with van der Waals surface area (Å²) in [6, 6.07) is 4.43. The molecule has 0 atom stereocenters. The van der Waals surface area contributed by atoms with Crippen molar-refractivity contribution in [2.45, 2.75) is 37.8 Å². The molecular formula is C12H16FN3O2. The number of nitro benzene ring substituents is 1. The fourth-order valence-corrected chi connectivity index (χ4v) is 2.24. The largest absolute Gasteiger partial charge is 0.382 e. The van der Waals surface area contributed by atoms with Crippen molar-refractivity contribution in [1.82, 2.24) is 0 Å². The van der Waals surface area contributed by atoms with Gasteiger partial charge in [0.25, 0.3) is 0 Å². The quantitative estimate of drug-likeness (QED) is 0.640. The first-order valence-corrected chi connectivity index (χ1v) is 6.02. The summed E-state index contributed by atoms with van der Waals surface area (Å²) < 4.78 is 13.4. The number of nitrogens with zero attached hydrogens (tertiary/aromatic N) is 1. The van der Waals surface area contributed by atoms with Crippen LogP contribution in [0.15, 0.2) is 18.2 Å². The van der Waals surface area contributed by atoms with Gasteiger partial charge in [-0.3, -0.25) is 10.1 Å². The number of nitrogens with one attached hydrogen (secondary N) is 1. The molecule has 0 saturated heterocycles. The van der Waals surface area contributed by atoms with Crippen LogP contribution in [0.5, 0.6) is 0 Å². The van der Waals surface area contributed by atoms with E-state index >= 15 is 0 Å². The highest BCUT2D eigenvalue weighted by molar-refractivity contribution is 5.50. The summed E-state index contributed by atoms with van der Waals surface area (Å²) in [6.07, 6.45) is 3.79. The normalized spacial score (nSPS) is 23.7. The lowest BCUT2D eigenvalue weighted by molar-refractivity contribution is -0.387. The van der Waals surface area contributed by atoms with Gasteiger partial charge in [-0.05, 0) is 31.7 Å². The van der Waals surface area contributed by atoms with Gasteiger partial charge < -0.3 is 11.1 Å². The van der Waals surface area contributed by atoms with Crippen molar-refractivity contribution < 1.29 is 9.31 Å². The highest BCUT2D eigenvalue weighted by Crippen LogP contribution is 2.24. The molecule has 1 aliphatic carbocycles. The number of halogens is 1. The Kier molecular flexibility index (Phi) is 3.76. The highest BCUT2D eigenvalue weighted by Gasteiger charge is 2.19. The molecule has 1 saturated carbocycles. The SMILES string of the molecule is NC1CCC(Nc2ccc([N+](=O)[O-])c(F)c2)CC1. The summed E-state index contributed by atoms with van der Waals surface area (Å²) >= 11 is 0. The zero-order valence-corrected chi connectivity index (χ0v) is 9.93. The second-order valence-electron chi connectivity index (χ2n) is 4.68. The van der Waals surface area contributed by atoms with Crippen molar-refractivity contribution in [3.8, 4) is 0 Å². The minimum absolute atomic E-state index is 0.261. The molecule has 0 aliphatic heterocycles. The Labute approximate surface area is 104 Å². The smallest absolute Gasteiger partial charge is 0.304 e. The summed E-state index contributed by atoms with van der Waals surface area (Å²) in [5.41, 5.74) is 5.89. The van der Waals surface area contributed by atoms with Gasteiger partial charge in [-0.15, -0.1) is 0 Å². The maximum atomic E-state index is 13.4. The van der Waals surface area contributed by atoms with Crippen LogP contribution in [0.4, 0.5) is 15.8 Å². The molecule has 18 heavy (non-hydrogen) atoms. The molecule has 98 valence electrons. The predicted octanol–water partition coefficient (Wildman–Crippen LogP) is 2.42. The van der Waals surface area contributed by atoms with E-state index in [9.17, 15) is 14.5 Å². The fourth-order valence-electron chi connectivity index (χ4n) is 2.24. The second-order valence-corrected chi connectivity index (χ2v) is 4.68. The Morgan fingerprint density at radius 1 is 1.33 bits per heavy atom. The molecule has 6 heteroatoms. The summed E-state index contributed by atoms with van der Waals surface area (Å²) in [5.74, 6) is -0.808. The van der Waals surface area contributed by atoms with Crippen molar-refractivity contribution in [1.29, 1.82) is 0 Å². The average Bonchev–Trinajstić information content (AvgIpc) is 2.32. The third-order valence-corrected chi connectivity index (χ3v) is 3.29. The molecule has 0 heterocycles. The number of hydrogen-bond acceptors (Lipinski definition) is 4. The summed E-state index contributed by atoms with van der Waals surface area (Å²) in [7, 11) is 0. The van der Waals surface area contributed by atoms with Gasteiger partial charge in [0.2, 0.25) is 5.82 Å². The first-order valence-electron chi connectivity index (χ1n) is 6.02. The summed E-state index contributed by atoms with van der Waals surface area (Å²) in [4.78, 5) is 9.77. The molecule has 0 unspecified atom stereocenters. The third kappa shape index (κ3) is 2.95. The van der Waals surface area contributed by atoms with E-state index in [1.807, 2.05) is 0 Å². The Morgan fingerprint density at radius 3 is 2.56 bits per heavy atom. The van der Waals surface area contributed by atoms with E-state index in [0.29, 0.717) is 5.69 Å². The van der Waals surface area contributed by atoms with Crippen molar-refractivity contribution in [3.05, 3.63) is 34.1 Å². The topological polar surface area (TPSA) is 81.2 Å². The van der Waals surface area contributed by atoms with Gasteiger partial charge in [0.1, 0.15) is 0 Å². The van der Waals surface area contributed by atoms with Crippen LogP contribution >= 0.6 is 0 Å². The Bertz CT molecular complexity index is 445. The number of anilines is 1. The average molecular weight is 253 g/mol. The minimum atomic E-state index is -0.808. The molecule has 0 spiro atoms. The Morgan fingerprint density at radius 2 is 2.00 bits per heavy atom. The van der Waals surface area contributed by atoms with E-state index in [4.69, 9.17) is 5.73 Å². The zero-order valence-electron chi connectivity index (χ0n) is 9.93. The number of rotatable bonds is 3. The van der Waals surface area contributed by atoms with Gasteiger partial charge in [-0.25, -0.2) is 0 Å². The minimum Gasteiger partial charge on any atom is -0.382 e. The standard InChI is InChI=1S/C12H16FN3O2/c13-11-7-10(5-6-12(11)16(17)18)15-9-3-1-8(14)2-4-9/h5-9,15H,1-4,14H2. The molecule has 1 aliphatic rings. The van der Waals surface area contributed by atoms with E-state index in [-0.39, 0.29) is 12.1 Å². The first kappa shape index (κ1) is 12.8. The lowest BCUT2D eigenvalue weighted by Gasteiger charge is -2.27. The van der Waals surface area contributed by atoms with Crippen LogP contribution in [0.2, 0.25) is 0 Å². The molecule has 0 bridgehead atoms. The second kappa shape index (κ2) is 5.30. The number of nitrogens with two attached hydrogens (primary N) is 1. The van der Waals surface area contributed by atoms with Gasteiger partial charge in [0.15, 0.2) is 0 Å². The molecule has 0 radical (unpaired) electrons. The van der Waals surface area contributed by atoms with Crippen LogP contribution in [-0.4, -0.2) is 17.0 Å². The maximum absolute atomic E-state index is 13.4. The summed E-state index contributed by atoms with van der Waals surface area (Å²) in [6.45, 7) is 0. The Hall–Kier alpha value is -1.69. The Balaban J connectivity index is 2.02. The molecule has 1 fully saturated rings. The fraction of sp³-hybridized carbons (Fsp3) is 0.500. The van der Waals surface area contributed by atoms with E-state index in [0.717, 1.165) is 25.7 Å². The van der Waals surface area contributed by atoms with Crippen LogP contribution in [0.1, 0.15) is 25.7 Å². The predicted molar refractivity (Wildman–Crippen MR) is 66.9 cm³/mol. The van der Waals surface area contributed by atoms with E-state index < -0.39 is 16.4 Å². The van der Waals surface area contributed by atoms with Crippen molar-refractivity contribution >= 4 is 11.4 Å². The monoisotopic (exact) mass is 253 g/mol. The molecule has 0 amide bonds. The number of benzene rings is 1. The van der Waals surface area contributed by atoms with E-state index in [1.54, 1.807) is 0 Å². The van der Waals surface area contributed by atoms with Crippen molar-refractivity contribution in [2.75, 3.05) is 5.32 Å². The molecular weight excluding hydrogens is 237 g/mol. The van der Waals surface area contributed by atoms with Gasteiger partial charge in [-0.2, -0.15) is 4.39 Å². The molecule has 2 rings (SSSR count). The molecule has 0 aromatic heterocycles. The van der Waals surface area contributed by atoms with Crippen molar-refractivity contribution in [2.24, 2.45) is 5.73 Å². The molecule has 1 aromatic rings. The van der Waals surface area contributed by atoms with Gasteiger partial charge >= 0.3 is 5.69 Å². The van der Waals surface area contributed by atoms with Crippen LogP contribution in [0.3, 0.4) is 0 Å². The third-order valence-electron chi connectivity index (χ3n) is 3.29. The summed E-state index contributed by atoms with van der Waals surface area (Å²) in [5, 5.41) is 13.7. The van der Waals surface area contributed by atoms with Crippen LogP contribution < -0.4 is 11.1 Å². The maximum Gasteiger partial charge on any atom is 0.304 e. The van der Waals surface area contributed by atoms with Crippen LogP contribution in [0.25, 0.3) is 0 Å². The van der Waals surface area contributed by atoms with Gasteiger partial charge in [-0.1, -0.05) is 0 Å². The molecule has 5 nitrogen and oxygen atoms in total. The van der Waals surface area contributed by atoms with Crippen molar-refractivity contribution in [3.63, 3.8) is 0 Å². The molecule has 1 aromatic carbocycles. The van der Waals surface area contributed by atoms with Gasteiger partial charge in [0, 0.05) is 29.9 Å². The highest BCUT2D eigenvalue weighted by atomic mass is 19.1. The van der Waals surface area contributed by atoms with Crippen LogP contribution in [-0.2, 0) is 0 Å². The lowest BCUT2D eigenvalue weighted by atomic mass is 9.91. The lowest BCUT2D eigenvalue weighted by Crippen LogP contribution is -2.32. The molecule has 3 N–H and O–H groups in total. The van der Waals surface area contributed by atoms with E-state index in [2.05, 4.69) is 5.32 Å². The zero-order chi connectivity index (χ0) is 13.1. The number of hydrogen-bond donors (Lipinski definition) is 2. The van der Waals surface area contributed by atoms with Gasteiger partial charge in [0.05, 0.1) is 4.92 Å².